The van der Waals surface area contributed by atoms with Crippen LogP contribution >= 0.6 is 11.6 Å². The standard InChI is InChI=1S/C11H9ClN4O3/c12-7-1-3-8(4-2-7)13-11(19)9-5-16(15-14-9)6-10(17)18/h1-5H,6H2,(H,13,19)(H,17,18). The lowest BCUT2D eigenvalue weighted by atomic mass is 10.3. The molecule has 0 aliphatic heterocycles. The van der Waals surface area contributed by atoms with Crippen molar-refractivity contribution in [2.24, 2.45) is 0 Å². The largest absolute Gasteiger partial charge is 0.480 e. The van der Waals surface area contributed by atoms with Gasteiger partial charge in [-0.2, -0.15) is 0 Å². The van der Waals surface area contributed by atoms with Crippen molar-refractivity contribution in [2.75, 3.05) is 5.32 Å². The van der Waals surface area contributed by atoms with Gasteiger partial charge < -0.3 is 10.4 Å². The maximum Gasteiger partial charge on any atom is 0.325 e. The molecule has 1 amide bonds. The first-order valence-corrected chi connectivity index (χ1v) is 5.61. The highest BCUT2D eigenvalue weighted by Gasteiger charge is 2.12. The minimum absolute atomic E-state index is 0.0381. The summed E-state index contributed by atoms with van der Waals surface area (Å²) in [6.07, 6.45) is 1.26. The van der Waals surface area contributed by atoms with Crippen LogP contribution in [0.1, 0.15) is 10.5 Å². The van der Waals surface area contributed by atoms with Crippen LogP contribution in [0.25, 0.3) is 0 Å². The molecular formula is C11H9ClN4O3. The Bertz CT molecular complexity index is 609. The molecule has 2 aromatic rings. The molecule has 0 atom stereocenters. The van der Waals surface area contributed by atoms with Gasteiger partial charge >= 0.3 is 5.97 Å². The number of amides is 1. The van der Waals surface area contributed by atoms with Gasteiger partial charge in [-0.25, -0.2) is 4.68 Å². The van der Waals surface area contributed by atoms with Crippen molar-refractivity contribution in [3.05, 3.63) is 41.2 Å². The second-order valence-corrected chi connectivity index (χ2v) is 4.09. The highest BCUT2D eigenvalue weighted by Crippen LogP contribution is 2.13. The first-order valence-electron chi connectivity index (χ1n) is 5.23. The maximum absolute atomic E-state index is 11.8. The Morgan fingerprint density at radius 2 is 2.00 bits per heavy atom. The average Bonchev–Trinajstić information content (AvgIpc) is 2.80. The third-order valence-corrected chi connectivity index (χ3v) is 2.42. The molecule has 19 heavy (non-hydrogen) atoms. The van der Waals surface area contributed by atoms with Crippen molar-refractivity contribution in [2.45, 2.75) is 6.54 Å². The number of hydrogen-bond donors (Lipinski definition) is 2. The topological polar surface area (TPSA) is 97.1 Å². The summed E-state index contributed by atoms with van der Waals surface area (Å²) in [4.78, 5) is 22.3. The SMILES string of the molecule is O=C(O)Cn1cc(C(=O)Nc2ccc(Cl)cc2)nn1. The number of hydrogen-bond acceptors (Lipinski definition) is 4. The summed E-state index contributed by atoms with van der Waals surface area (Å²) >= 11 is 5.72. The molecule has 8 heteroatoms. The molecule has 0 fully saturated rings. The number of carbonyl (C=O) groups is 2. The Kier molecular flexibility index (Phi) is 3.76. The fourth-order valence-electron chi connectivity index (χ4n) is 1.35. The van der Waals surface area contributed by atoms with Gasteiger partial charge in [0.25, 0.3) is 5.91 Å². The smallest absolute Gasteiger partial charge is 0.325 e. The number of nitrogens with one attached hydrogen (secondary N) is 1. The third kappa shape index (κ3) is 3.52. The monoisotopic (exact) mass is 280 g/mol. The van der Waals surface area contributed by atoms with Gasteiger partial charge in [0.05, 0.1) is 6.20 Å². The highest BCUT2D eigenvalue weighted by molar-refractivity contribution is 6.30. The quantitative estimate of drug-likeness (QED) is 0.879. The fraction of sp³-hybridized carbons (Fsp3) is 0.0909. The second kappa shape index (κ2) is 5.49. The first kappa shape index (κ1) is 13.0. The van der Waals surface area contributed by atoms with E-state index in [1.165, 1.54) is 6.20 Å². The van der Waals surface area contributed by atoms with Gasteiger partial charge in [-0.3, -0.25) is 9.59 Å². The van der Waals surface area contributed by atoms with Crippen molar-refractivity contribution >= 4 is 29.2 Å². The molecule has 0 spiro atoms. The van der Waals surface area contributed by atoms with Crippen LogP contribution in [0.2, 0.25) is 5.02 Å². The van der Waals surface area contributed by atoms with Crippen molar-refractivity contribution < 1.29 is 14.7 Å². The lowest BCUT2D eigenvalue weighted by molar-refractivity contribution is -0.137. The fourth-order valence-corrected chi connectivity index (χ4v) is 1.47. The molecule has 0 radical (unpaired) electrons. The Balaban J connectivity index is 2.05. The predicted molar refractivity (Wildman–Crippen MR) is 67.1 cm³/mol. The molecule has 98 valence electrons. The highest BCUT2D eigenvalue weighted by atomic mass is 35.5. The Hall–Kier alpha value is -2.41. The number of carboxylic acids is 1. The molecular weight excluding hydrogens is 272 g/mol. The zero-order valence-corrected chi connectivity index (χ0v) is 10.3. The van der Waals surface area contributed by atoms with E-state index >= 15 is 0 Å². The Morgan fingerprint density at radius 1 is 1.32 bits per heavy atom. The minimum atomic E-state index is -1.06. The summed E-state index contributed by atoms with van der Waals surface area (Å²) in [5, 5.41) is 18.9. The van der Waals surface area contributed by atoms with Gasteiger partial charge in [-0.05, 0) is 24.3 Å². The summed E-state index contributed by atoms with van der Waals surface area (Å²) < 4.78 is 1.07. The van der Waals surface area contributed by atoms with E-state index in [1.807, 2.05) is 0 Å². The summed E-state index contributed by atoms with van der Waals surface area (Å²) in [7, 11) is 0. The van der Waals surface area contributed by atoms with Crippen LogP contribution in [0.15, 0.2) is 30.5 Å². The van der Waals surface area contributed by atoms with Gasteiger partial charge in [-0.1, -0.05) is 16.8 Å². The molecule has 2 N–H and O–H groups in total. The van der Waals surface area contributed by atoms with Crippen LogP contribution < -0.4 is 5.32 Å². The number of halogens is 1. The van der Waals surface area contributed by atoms with Crippen LogP contribution in [0, 0.1) is 0 Å². The summed E-state index contributed by atoms with van der Waals surface area (Å²) in [5.41, 5.74) is 0.596. The summed E-state index contributed by atoms with van der Waals surface area (Å²) in [6.45, 7) is -0.346. The normalized spacial score (nSPS) is 10.2. The lowest BCUT2D eigenvalue weighted by Crippen LogP contribution is -2.12. The minimum Gasteiger partial charge on any atom is -0.480 e. The number of anilines is 1. The maximum atomic E-state index is 11.8. The molecule has 1 aromatic heterocycles. The Labute approximate surface area is 112 Å². The van der Waals surface area contributed by atoms with Gasteiger partial charge in [-0.15, -0.1) is 5.10 Å². The number of rotatable bonds is 4. The van der Waals surface area contributed by atoms with Gasteiger partial charge in [0.15, 0.2) is 5.69 Å². The Morgan fingerprint density at radius 3 is 2.63 bits per heavy atom. The average molecular weight is 281 g/mol. The van der Waals surface area contributed by atoms with Gasteiger partial charge in [0, 0.05) is 10.7 Å². The van der Waals surface area contributed by atoms with Gasteiger partial charge in [0.2, 0.25) is 0 Å². The molecule has 0 aliphatic carbocycles. The van der Waals surface area contributed by atoms with E-state index in [0.717, 1.165) is 4.68 Å². The van der Waals surface area contributed by atoms with E-state index in [9.17, 15) is 9.59 Å². The molecule has 0 aliphatic rings. The van der Waals surface area contributed by atoms with Crippen LogP contribution in [0.4, 0.5) is 5.69 Å². The zero-order valence-electron chi connectivity index (χ0n) is 9.58. The van der Waals surface area contributed by atoms with Crippen molar-refractivity contribution in [1.29, 1.82) is 0 Å². The molecule has 7 nitrogen and oxygen atoms in total. The number of carboxylic acid groups (broad SMARTS) is 1. The van der Waals surface area contributed by atoms with Crippen molar-refractivity contribution in [3.8, 4) is 0 Å². The van der Waals surface area contributed by atoms with E-state index in [4.69, 9.17) is 16.7 Å². The van der Waals surface area contributed by atoms with Crippen LogP contribution in [0.3, 0.4) is 0 Å². The molecule has 0 unspecified atom stereocenters. The first-order chi connectivity index (χ1) is 9.04. The summed E-state index contributed by atoms with van der Waals surface area (Å²) in [6, 6.07) is 6.56. The molecule has 1 aromatic carbocycles. The molecule has 0 saturated carbocycles. The molecule has 0 bridgehead atoms. The molecule has 1 heterocycles. The van der Waals surface area contributed by atoms with E-state index in [0.29, 0.717) is 10.7 Å². The van der Waals surface area contributed by atoms with Crippen LogP contribution in [-0.2, 0) is 11.3 Å². The van der Waals surface area contributed by atoms with Gasteiger partial charge in [0.1, 0.15) is 6.54 Å². The number of benzene rings is 1. The third-order valence-electron chi connectivity index (χ3n) is 2.17. The lowest BCUT2D eigenvalue weighted by Gasteiger charge is -2.02. The van der Waals surface area contributed by atoms with Crippen LogP contribution in [-0.4, -0.2) is 32.0 Å². The zero-order chi connectivity index (χ0) is 13.8. The second-order valence-electron chi connectivity index (χ2n) is 3.66. The van der Waals surface area contributed by atoms with E-state index in [-0.39, 0.29) is 12.2 Å². The number of carbonyl (C=O) groups excluding carboxylic acids is 1. The van der Waals surface area contributed by atoms with E-state index in [1.54, 1.807) is 24.3 Å². The number of nitrogens with zero attached hydrogens (tertiary/aromatic N) is 3. The summed E-state index contributed by atoms with van der Waals surface area (Å²) in [5.74, 6) is -1.53. The number of aliphatic carboxylic acids is 1. The van der Waals surface area contributed by atoms with Crippen molar-refractivity contribution in [3.63, 3.8) is 0 Å². The van der Waals surface area contributed by atoms with Crippen LogP contribution in [0.5, 0.6) is 0 Å². The van der Waals surface area contributed by atoms with E-state index < -0.39 is 11.9 Å². The van der Waals surface area contributed by atoms with Crippen molar-refractivity contribution in [1.82, 2.24) is 15.0 Å². The van der Waals surface area contributed by atoms with E-state index in [2.05, 4.69) is 15.6 Å². The molecule has 0 saturated heterocycles. The predicted octanol–water partition coefficient (Wildman–Crippen LogP) is 1.27. The molecule has 2 rings (SSSR count). The number of aromatic nitrogens is 3.